The SMILES string of the molecule is CC(C)=CC=C(OCCCl)C(F)(F)F. The summed E-state index contributed by atoms with van der Waals surface area (Å²) in [5.74, 6) is -0.984. The molecule has 0 unspecified atom stereocenters. The molecule has 5 heteroatoms. The Kier molecular flexibility index (Phi) is 5.69. The molecule has 0 aliphatic rings. The maximum absolute atomic E-state index is 12.2. The molecule has 14 heavy (non-hydrogen) atoms. The van der Waals surface area contributed by atoms with Gasteiger partial charge in [-0.15, -0.1) is 11.6 Å². The fourth-order valence-corrected chi connectivity index (χ4v) is 0.692. The van der Waals surface area contributed by atoms with E-state index in [0.29, 0.717) is 0 Å². The lowest BCUT2D eigenvalue weighted by molar-refractivity contribution is -0.129. The molecule has 0 aromatic heterocycles. The second-order valence-corrected chi connectivity index (χ2v) is 3.19. The fourth-order valence-electron chi connectivity index (χ4n) is 0.615. The van der Waals surface area contributed by atoms with E-state index in [9.17, 15) is 13.2 Å². The predicted molar refractivity (Wildman–Crippen MR) is 50.2 cm³/mol. The van der Waals surface area contributed by atoms with Gasteiger partial charge in [0.2, 0.25) is 5.76 Å². The Morgan fingerprint density at radius 3 is 2.21 bits per heavy atom. The molecule has 0 bridgehead atoms. The van der Waals surface area contributed by atoms with Crippen molar-refractivity contribution in [3.63, 3.8) is 0 Å². The Labute approximate surface area is 86.2 Å². The van der Waals surface area contributed by atoms with Crippen molar-refractivity contribution < 1.29 is 17.9 Å². The molecule has 0 saturated heterocycles. The smallest absolute Gasteiger partial charge is 0.448 e. The quantitative estimate of drug-likeness (QED) is 0.405. The van der Waals surface area contributed by atoms with Crippen LogP contribution in [-0.2, 0) is 4.74 Å². The maximum atomic E-state index is 12.2. The minimum absolute atomic E-state index is 0.0300. The first-order valence-corrected chi connectivity index (χ1v) is 4.52. The van der Waals surface area contributed by atoms with Gasteiger partial charge in [-0.05, 0) is 19.9 Å². The summed E-state index contributed by atoms with van der Waals surface area (Å²) < 4.78 is 41.2. The fraction of sp³-hybridized carbons (Fsp3) is 0.556. The van der Waals surface area contributed by atoms with Crippen LogP contribution in [0.25, 0.3) is 0 Å². The first kappa shape index (κ1) is 13.4. The van der Waals surface area contributed by atoms with Crippen molar-refractivity contribution in [2.45, 2.75) is 20.0 Å². The van der Waals surface area contributed by atoms with Gasteiger partial charge in [0.15, 0.2) is 0 Å². The lowest BCUT2D eigenvalue weighted by Crippen LogP contribution is -2.15. The number of allylic oxidation sites excluding steroid dienone is 4. The van der Waals surface area contributed by atoms with Crippen molar-refractivity contribution in [1.29, 1.82) is 0 Å². The third kappa shape index (κ3) is 5.91. The minimum atomic E-state index is -4.46. The highest BCUT2D eigenvalue weighted by atomic mass is 35.5. The third-order valence-electron chi connectivity index (χ3n) is 1.18. The second-order valence-electron chi connectivity index (χ2n) is 2.81. The highest BCUT2D eigenvalue weighted by Crippen LogP contribution is 2.26. The standard InChI is InChI=1S/C9H12ClF3O/c1-7(2)3-4-8(9(11,12)13)14-6-5-10/h3-4H,5-6H2,1-2H3. The average Bonchev–Trinajstić information content (AvgIpc) is 2.01. The largest absolute Gasteiger partial charge is 0.488 e. The Hall–Kier alpha value is -0.640. The van der Waals surface area contributed by atoms with Crippen LogP contribution in [0.1, 0.15) is 13.8 Å². The molecular formula is C9H12ClF3O. The lowest BCUT2D eigenvalue weighted by Gasteiger charge is -2.11. The lowest BCUT2D eigenvalue weighted by atomic mass is 10.3. The van der Waals surface area contributed by atoms with Gasteiger partial charge in [0, 0.05) is 0 Å². The second kappa shape index (κ2) is 5.96. The van der Waals surface area contributed by atoms with Gasteiger partial charge in [-0.25, -0.2) is 0 Å². The van der Waals surface area contributed by atoms with Gasteiger partial charge in [-0.1, -0.05) is 11.6 Å². The van der Waals surface area contributed by atoms with Gasteiger partial charge < -0.3 is 4.74 Å². The molecule has 0 N–H and O–H groups in total. The monoisotopic (exact) mass is 228 g/mol. The van der Waals surface area contributed by atoms with E-state index in [-0.39, 0.29) is 12.5 Å². The van der Waals surface area contributed by atoms with Crippen molar-refractivity contribution >= 4 is 11.6 Å². The van der Waals surface area contributed by atoms with Crippen molar-refractivity contribution in [3.05, 3.63) is 23.5 Å². The Bertz CT molecular complexity index is 227. The number of hydrogen-bond donors (Lipinski definition) is 0. The molecule has 1 nitrogen and oxygen atoms in total. The van der Waals surface area contributed by atoms with Crippen LogP contribution in [0, 0.1) is 0 Å². The number of alkyl halides is 4. The highest BCUT2D eigenvalue weighted by Gasteiger charge is 2.35. The Balaban J connectivity index is 4.56. The van der Waals surface area contributed by atoms with Gasteiger partial charge in [0.1, 0.15) is 6.61 Å². The van der Waals surface area contributed by atoms with E-state index in [1.165, 1.54) is 6.08 Å². The number of halogens is 4. The Morgan fingerprint density at radius 2 is 1.86 bits per heavy atom. The van der Waals surface area contributed by atoms with Crippen LogP contribution >= 0.6 is 11.6 Å². The van der Waals surface area contributed by atoms with Crippen molar-refractivity contribution in [2.75, 3.05) is 12.5 Å². The molecule has 0 aliphatic carbocycles. The van der Waals surface area contributed by atoms with E-state index in [2.05, 4.69) is 4.74 Å². The van der Waals surface area contributed by atoms with E-state index in [1.807, 2.05) is 0 Å². The summed E-state index contributed by atoms with van der Waals surface area (Å²) in [7, 11) is 0. The molecule has 0 aromatic rings. The zero-order valence-electron chi connectivity index (χ0n) is 7.99. The Morgan fingerprint density at radius 1 is 1.29 bits per heavy atom. The minimum Gasteiger partial charge on any atom is -0.488 e. The molecule has 0 rings (SSSR count). The summed E-state index contributed by atoms with van der Waals surface area (Å²) >= 11 is 5.22. The van der Waals surface area contributed by atoms with Crippen LogP contribution in [0.4, 0.5) is 13.2 Å². The first-order valence-electron chi connectivity index (χ1n) is 3.99. The molecule has 0 aliphatic heterocycles. The van der Waals surface area contributed by atoms with Gasteiger partial charge in [-0.2, -0.15) is 13.2 Å². The summed E-state index contributed by atoms with van der Waals surface area (Å²) in [5, 5.41) is 0. The van der Waals surface area contributed by atoms with Crippen LogP contribution in [-0.4, -0.2) is 18.7 Å². The first-order chi connectivity index (χ1) is 6.38. The van der Waals surface area contributed by atoms with Crippen molar-refractivity contribution in [3.8, 4) is 0 Å². The van der Waals surface area contributed by atoms with Gasteiger partial charge in [0.25, 0.3) is 0 Å². The van der Waals surface area contributed by atoms with Crippen LogP contribution in [0.15, 0.2) is 23.5 Å². The molecule has 0 radical (unpaired) electrons. The van der Waals surface area contributed by atoms with E-state index in [1.54, 1.807) is 13.8 Å². The number of rotatable bonds is 4. The summed E-state index contributed by atoms with van der Waals surface area (Å²) in [4.78, 5) is 0. The summed E-state index contributed by atoms with van der Waals surface area (Å²) in [5.41, 5.74) is 0.765. The number of ether oxygens (including phenoxy) is 1. The maximum Gasteiger partial charge on any atom is 0.448 e. The summed E-state index contributed by atoms with van der Waals surface area (Å²) in [6.45, 7) is 3.25. The van der Waals surface area contributed by atoms with E-state index in [4.69, 9.17) is 11.6 Å². The van der Waals surface area contributed by atoms with E-state index < -0.39 is 11.9 Å². The van der Waals surface area contributed by atoms with Gasteiger partial charge in [0.05, 0.1) is 5.88 Å². The number of hydrogen-bond acceptors (Lipinski definition) is 1. The highest BCUT2D eigenvalue weighted by molar-refractivity contribution is 6.17. The zero-order chi connectivity index (χ0) is 11.2. The van der Waals surface area contributed by atoms with E-state index >= 15 is 0 Å². The predicted octanol–water partition coefficient (Wildman–Crippen LogP) is 3.65. The van der Waals surface area contributed by atoms with Crippen molar-refractivity contribution in [2.24, 2.45) is 0 Å². The molecule has 0 spiro atoms. The van der Waals surface area contributed by atoms with Crippen LogP contribution < -0.4 is 0 Å². The van der Waals surface area contributed by atoms with Crippen LogP contribution in [0.3, 0.4) is 0 Å². The van der Waals surface area contributed by atoms with Gasteiger partial charge >= 0.3 is 6.18 Å². The van der Waals surface area contributed by atoms with E-state index in [0.717, 1.165) is 11.6 Å². The molecule has 0 saturated carbocycles. The molecule has 0 atom stereocenters. The van der Waals surface area contributed by atoms with Crippen LogP contribution in [0.5, 0.6) is 0 Å². The van der Waals surface area contributed by atoms with Crippen molar-refractivity contribution in [1.82, 2.24) is 0 Å². The molecular weight excluding hydrogens is 217 g/mol. The topological polar surface area (TPSA) is 9.23 Å². The van der Waals surface area contributed by atoms with Crippen LogP contribution in [0.2, 0.25) is 0 Å². The molecule has 82 valence electrons. The average molecular weight is 229 g/mol. The molecule has 0 fully saturated rings. The summed E-state index contributed by atoms with van der Waals surface area (Å²) in [6.07, 6.45) is -2.21. The third-order valence-corrected chi connectivity index (χ3v) is 1.34. The molecule has 0 heterocycles. The van der Waals surface area contributed by atoms with Gasteiger partial charge in [-0.3, -0.25) is 0 Å². The normalized spacial score (nSPS) is 12.6. The summed E-state index contributed by atoms with van der Waals surface area (Å²) in [6, 6.07) is 0. The zero-order valence-corrected chi connectivity index (χ0v) is 8.74. The molecule has 0 aromatic carbocycles. The molecule has 0 amide bonds.